The summed E-state index contributed by atoms with van der Waals surface area (Å²) in [7, 11) is 1.52. The van der Waals surface area contributed by atoms with Gasteiger partial charge in [0.2, 0.25) is 0 Å². The van der Waals surface area contributed by atoms with Crippen LogP contribution in [0.4, 0.5) is 32.2 Å². The summed E-state index contributed by atoms with van der Waals surface area (Å²) < 4.78 is 84.8. The lowest BCUT2D eigenvalue weighted by Crippen LogP contribution is -2.11. The van der Waals surface area contributed by atoms with Crippen molar-refractivity contribution in [3.8, 4) is 11.1 Å². The standard InChI is InChI=1S/C17H14F6N4O/c1-28-5-4-24-14-2-3-25-15-13(9-26-27(14)15)10-6-11(16(18,19)20)8-12(7-10)17(21,22)23/h2-3,6-9,24H,4-5H2,1H3. The average molecular weight is 404 g/mol. The zero-order chi connectivity index (χ0) is 20.5. The molecule has 150 valence electrons. The summed E-state index contributed by atoms with van der Waals surface area (Å²) in [5, 5.41) is 7.05. The molecule has 2 heterocycles. The molecule has 3 aromatic rings. The van der Waals surface area contributed by atoms with E-state index in [0.29, 0.717) is 31.1 Å². The Bertz CT molecular complexity index is 948. The lowest BCUT2D eigenvalue weighted by molar-refractivity contribution is -0.143. The highest BCUT2D eigenvalue weighted by atomic mass is 19.4. The van der Waals surface area contributed by atoms with E-state index in [2.05, 4.69) is 15.4 Å². The number of aromatic nitrogens is 3. The Balaban J connectivity index is 2.13. The SMILES string of the molecule is COCCNc1ccnc2c(-c3cc(C(F)(F)F)cc(C(F)(F)F)c3)cnn12. The fourth-order valence-electron chi connectivity index (χ4n) is 2.62. The number of methoxy groups -OCH3 is 1. The van der Waals surface area contributed by atoms with Crippen molar-refractivity contribution in [3.63, 3.8) is 0 Å². The number of fused-ring (bicyclic) bond motifs is 1. The summed E-state index contributed by atoms with van der Waals surface area (Å²) in [6.45, 7) is 0.813. The molecule has 1 aromatic carbocycles. The van der Waals surface area contributed by atoms with Gasteiger partial charge in [0.05, 0.1) is 23.9 Å². The largest absolute Gasteiger partial charge is 0.416 e. The second-order valence-corrected chi connectivity index (χ2v) is 5.84. The minimum atomic E-state index is -4.93. The van der Waals surface area contributed by atoms with Gasteiger partial charge in [0.25, 0.3) is 0 Å². The van der Waals surface area contributed by atoms with Crippen LogP contribution in [0, 0.1) is 0 Å². The van der Waals surface area contributed by atoms with Crippen molar-refractivity contribution in [2.45, 2.75) is 12.4 Å². The van der Waals surface area contributed by atoms with Gasteiger partial charge in [0.1, 0.15) is 5.82 Å². The molecule has 5 nitrogen and oxygen atoms in total. The molecule has 28 heavy (non-hydrogen) atoms. The molecule has 0 saturated carbocycles. The molecule has 0 amide bonds. The van der Waals surface area contributed by atoms with Gasteiger partial charge < -0.3 is 10.1 Å². The number of ether oxygens (including phenoxy) is 1. The van der Waals surface area contributed by atoms with Crippen molar-refractivity contribution in [1.29, 1.82) is 0 Å². The second kappa shape index (κ2) is 7.30. The number of hydrogen-bond acceptors (Lipinski definition) is 4. The highest BCUT2D eigenvalue weighted by molar-refractivity contribution is 5.79. The number of hydrogen-bond donors (Lipinski definition) is 1. The molecule has 2 aromatic heterocycles. The van der Waals surface area contributed by atoms with Gasteiger partial charge in [-0.25, -0.2) is 4.98 Å². The van der Waals surface area contributed by atoms with Crippen molar-refractivity contribution in [3.05, 3.63) is 47.8 Å². The molecule has 0 aliphatic rings. The van der Waals surface area contributed by atoms with Gasteiger partial charge in [0, 0.05) is 25.4 Å². The van der Waals surface area contributed by atoms with Crippen molar-refractivity contribution >= 4 is 11.5 Å². The van der Waals surface area contributed by atoms with Crippen LogP contribution in [0.3, 0.4) is 0 Å². The molecule has 0 saturated heterocycles. The highest BCUT2D eigenvalue weighted by Gasteiger charge is 2.37. The maximum atomic E-state index is 13.1. The molecule has 3 rings (SSSR count). The van der Waals surface area contributed by atoms with Gasteiger partial charge in [0.15, 0.2) is 5.65 Å². The molecule has 0 aliphatic carbocycles. The summed E-state index contributed by atoms with van der Waals surface area (Å²) in [5.41, 5.74) is -2.90. The smallest absolute Gasteiger partial charge is 0.383 e. The van der Waals surface area contributed by atoms with E-state index in [1.54, 1.807) is 6.07 Å². The number of nitrogens with one attached hydrogen (secondary N) is 1. The van der Waals surface area contributed by atoms with Crippen LogP contribution < -0.4 is 5.32 Å². The molecule has 0 unspecified atom stereocenters. The van der Waals surface area contributed by atoms with Crippen LogP contribution in [-0.4, -0.2) is 34.9 Å². The van der Waals surface area contributed by atoms with Crippen LogP contribution in [0.15, 0.2) is 36.7 Å². The maximum Gasteiger partial charge on any atom is 0.416 e. The molecule has 0 aliphatic heterocycles. The first-order valence-electron chi connectivity index (χ1n) is 7.96. The summed E-state index contributed by atoms with van der Waals surface area (Å²) >= 11 is 0. The Morgan fingerprint density at radius 3 is 2.25 bits per heavy atom. The molecular weight excluding hydrogens is 390 g/mol. The molecule has 11 heteroatoms. The maximum absolute atomic E-state index is 13.1. The number of halogens is 6. The lowest BCUT2D eigenvalue weighted by Gasteiger charge is -2.14. The molecule has 0 atom stereocenters. The van der Waals surface area contributed by atoms with Gasteiger partial charge >= 0.3 is 12.4 Å². The van der Waals surface area contributed by atoms with Crippen LogP contribution in [-0.2, 0) is 17.1 Å². The van der Waals surface area contributed by atoms with Gasteiger partial charge in [-0.2, -0.15) is 36.0 Å². The first-order valence-corrected chi connectivity index (χ1v) is 7.96. The first-order chi connectivity index (χ1) is 13.1. The van der Waals surface area contributed by atoms with Crippen molar-refractivity contribution < 1.29 is 31.1 Å². The zero-order valence-electron chi connectivity index (χ0n) is 14.4. The number of anilines is 1. The van der Waals surface area contributed by atoms with E-state index in [0.717, 1.165) is 0 Å². The van der Waals surface area contributed by atoms with Crippen LogP contribution in [0.5, 0.6) is 0 Å². The van der Waals surface area contributed by atoms with E-state index in [4.69, 9.17) is 4.74 Å². The van der Waals surface area contributed by atoms with E-state index < -0.39 is 23.5 Å². The monoisotopic (exact) mass is 404 g/mol. The third kappa shape index (κ3) is 4.03. The number of rotatable bonds is 5. The molecule has 0 fully saturated rings. The summed E-state index contributed by atoms with van der Waals surface area (Å²) in [5.74, 6) is 0.469. The number of alkyl halides is 6. The molecule has 0 spiro atoms. The quantitative estimate of drug-likeness (QED) is 0.503. The van der Waals surface area contributed by atoms with Gasteiger partial charge in [-0.1, -0.05) is 0 Å². The predicted octanol–water partition coefficient (Wildman–Crippen LogP) is 4.49. The molecule has 0 radical (unpaired) electrons. The number of benzene rings is 1. The number of nitrogens with zero attached hydrogens (tertiary/aromatic N) is 3. The minimum absolute atomic E-state index is 0.0481. The Hall–Kier alpha value is -2.82. The first kappa shape index (κ1) is 19.9. The van der Waals surface area contributed by atoms with Crippen LogP contribution in [0.25, 0.3) is 16.8 Å². The topological polar surface area (TPSA) is 51.5 Å². The molecule has 1 N–H and O–H groups in total. The summed E-state index contributed by atoms with van der Waals surface area (Å²) in [4.78, 5) is 4.06. The van der Waals surface area contributed by atoms with E-state index >= 15 is 0 Å². The predicted molar refractivity (Wildman–Crippen MR) is 88.8 cm³/mol. The van der Waals surface area contributed by atoms with E-state index in [-0.39, 0.29) is 22.8 Å². The van der Waals surface area contributed by atoms with Crippen molar-refractivity contribution in [2.75, 3.05) is 25.6 Å². The second-order valence-electron chi connectivity index (χ2n) is 5.84. The van der Waals surface area contributed by atoms with E-state index in [1.165, 1.54) is 24.0 Å². The Labute approximate surface area is 154 Å². The summed E-state index contributed by atoms with van der Waals surface area (Å²) in [6, 6.07) is 2.96. The highest BCUT2D eigenvalue weighted by Crippen LogP contribution is 2.39. The van der Waals surface area contributed by atoms with Crippen molar-refractivity contribution in [2.24, 2.45) is 0 Å². The Morgan fingerprint density at radius 1 is 1.04 bits per heavy atom. The third-order valence-electron chi connectivity index (χ3n) is 3.91. The normalized spacial score (nSPS) is 12.5. The van der Waals surface area contributed by atoms with Gasteiger partial charge in [-0.15, -0.1) is 0 Å². The van der Waals surface area contributed by atoms with Gasteiger partial charge in [-0.05, 0) is 29.8 Å². The van der Waals surface area contributed by atoms with Gasteiger partial charge in [-0.3, -0.25) is 0 Å². The third-order valence-corrected chi connectivity index (χ3v) is 3.91. The molecule has 0 bridgehead atoms. The van der Waals surface area contributed by atoms with Crippen molar-refractivity contribution in [1.82, 2.24) is 14.6 Å². The van der Waals surface area contributed by atoms with Crippen LogP contribution in [0.2, 0.25) is 0 Å². The summed E-state index contributed by atoms with van der Waals surface area (Å²) in [6.07, 6.45) is -7.30. The minimum Gasteiger partial charge on any atom is -0.383 e. The Kier molecular flexibility index (Phi) is 5.20. The molecular formula is C17H14F6N4O. The zero-order valence-corrected chi connectivity index (χ0v) is 14.4. The van der Waals surface area contributed by atoms with E-state index in [9.17, 15) is 26.3 Å². The fraction of sp³-hybridized carbons (Fsp3) is 0.294. The lowest BCUT2D eigenvalue weighted by atomic mass is 10.0. The van der Waals surface area contributed by atoms with Crippen LogP contribution in [0.1, 0.15) is 11.1 Å². The van der Waals surface area contributed by atoms with Crippen LogP contribution >= 0.6 is 0 Å². The van der Waals surface area contributed by atoms with E-state index in [1.807, 2.05) is 0 Å². The average Bonchev–Trinajstić information content (AvgIpc) is 3.05. The fourth-order valence-corrected chi connectivity index (χ4v) is 2.62. The Morgan fingerprint density at radius 2 is 1.68 bits per heavy atom.